The molecule has 7 heteroatoms. The summed E-state index contributed by atoms with van der Waals surface area (Å²) in [6.07, 6.45) is 5.55. The van der Waals surface area contributed by atoms with Crippen molar-refractivity contribution in [3.8, 4) is 5.75 Å². The second-order valence-electron chi connectivity index (χ2n) is 11.3. The molecule has 7 atom stereocenters. The van der Waals surface area contributed by atoms with Gasteiger partial charge in [0.1, 0.15) is 5.75 Å². The van der Waals surface area contributed by atoms with E-state index in [2.05, 4.69) is 12.2 Å². The van der Waals surface area contributed by atoms with Crippen LogP contribution in [0.3, 0.4) is 0 Å². The number of imide groups is 1. The highest BCUT2D eigenvalue weighted by Crippen LogP contribution is 2.65. The maximum Gasteiger partial charge on any atom is 0.316 e. The Morgan fingerprint density at radius 1 is 0.838 bits per heavy atom. The number of hydrogen-bond donors (Lipinski definition) is 0. The van der Waals surface area contributed by atoms with Crippen LogP contribution < -0.4 is 14.5 Å². The molecule has 4 aliphatic carbocycles. The van der Waals surface area contributed by atoms with Crippen LogP contribution in [0.15, 0.2) is 54.6 Å². The molecule has 2 heterocycles. The molecule has 3 amide bonds. The summed E-state index contributed by atoms with van der Waals surface area (Å²) in [5.41, 5.74) is 3.53. The maximum absolute atomic E-state index is 13.3. The van der Waals surface area contributed by atoms with Gasteiger partial charge in [-0.25, -0.2) is 0 Å². The summed E-state index contributed by atoms with van der Waals surface area (Å²) in [6, 6.07) is 12.4. The van der Waals surface area contributed by atoms with Gasteiger partial charge in [-0.2, -0.15) is 0 Å². The van der Waals surface area contributed by atoms with Crippen molar-refractivity contribution in [2.75, 3.05) is 16.3 Å². The summed E-state index contributed by atoms with van der Waals surface area (Å²) < 4.78 is 5.59. The highest BCUT2D eigenvalue weighted by molar-refractivity contribution is 6.22. The Bertz CT molecular complexity index is 1360. The molecule has 0 radical (unpaired) electrons. The van der Waals surface area contributed by atoms with E-state index in [-0.39, 0.29) is 54.4 Å². The van der Waals surface area contributed by atoms with E-state index in [1.807, 2.05) is 32.0 Å². The number of anilines is 2. The maximum atomic E-state index is 13.3. The quantitative estimate of drug-likeness (QED) is 0.278. The number of esters is 1. The van der Waals surface area contributed by atoms with E-state index in [0.29, 0.717) is 23.3 Å². The first kappa shape index (κ1) is 22.5. The van der Waals surface area contributed by atoms with Crippen LogP contribution in [0.25, 0.3) is 0 Å². The van der Waals surface area contributed by atoms with Crippen LogP contribution in [0.1, 0.15) is 24.0 Å². The average molecular weight is 497 g/mol. The number of rotatable bonds is 4. The Balaban J connectivity index is 1.03. The summed E-state index contributed by atoms with van der Waals surface area (Å²) in [7, 11) is 0. The first-order valence-electron chi connectivity index (χ1n) is 13.1. The number of allylic oxidation sites excluding steroid dienone is 2. The fraction of sp³-hybridized carbons (Fsp3) is 0.400. The Kier molecular flexibility index (Phi) is 4.78. The van der Waals surface area contributed by atoms with Gasteiger partial charge in [0.15, 0.2) is 0 Å². The first-order chi connectivity index (χ1) is 17.8. The lowest BCUT2D eigenvalue weighted by Gasteiger charge is -2.37. The molecular formula is C30H28N2O5. The summed E-state index contributed by atoms with van der Waals surface area (Å²) in [6.45, 7) is 4.29. The topological polar surface area (TPSA) is 84.0 Å². The van der Waals surface area contributed by atoms with Crippen molar-refractivity contribution in [3.05, 3.63) is 65.7 Å². The van der Waals surface area contributed by atoms with E-state index in [9.17, 15) is 19.2 Å². The number of aryl methyl sites for hydroxylation is 2. The third kappa shape index (κ3) is 3.32. The highest BCUT2D eigenvalue weighted by Gasteiger charge is 2.67. The number of ether oxygens (including phenoxy) is 1. The van der Waals surface area contributed by atoms with Crippen molar-refractivity contribution in [1.29, 1.82) is 0 Å². The van der Waals surface area contributed by atoms with Gasteiger partial charge in [0, 0.05) is 18.7 Å². The van der Waals surface area contributed by atoms with E-state index in [1.54, 1.807) is 29.2 Å². The van der Waals surface area contributed by atoms with Crippen molar-refractivity contribution in [2.45, 2.75) is 26.7 Å². The number of amides is 3. The van der Waals surface area contributed by atoms with Gasteiger partial charge < -0.3 is 9.64 Å². The van der Waals surface area contributed by atoms with Gasteiger partial charge in [0.05, 0.1) is 23.4 Å². The van der Waals surface area contributed by atoms with E-state index in [1.165, 1.54) is 4.90 Å². The van der Waals surface area contributed by atoms with Crippen LogP contribution in [0.4, 0.5) is 11.4 Å². The van der Waals surface area contributed by atoms with Crippen LogP contribution in [0, 0.1) is 55.3 Å². The molecule has 4 fully saturated rings. The van der Waals surface area contributed by atoms with Crippen LogP contribution in [0.2, 0.25) is 0 Å². The van der Waals surface area contributed by atoms with Crippen LogP contribution in [-0.4, -0.2) is 30.2 Å². The predicted molar refractivity (Wildman–Crippen MR) is 136 cm³/mol. The SMILES string of the molecule is Cc1ccc(N2C[C@H](C(=O)Oc3ccc(N4C(=O)[C@@H]5[C@H]6C=C[C@@H]([C@@H]7C[C@@H]67)[C@@H]5C4=O)cc3)CC2=O)cc1C. The van der Waals surface area contributed by atoms with Gasteiger partial charge in [-0.05, 0) is 91.5 Å². The van der Waals surface area contributed by atoms with Crippen molar-refractivity contribution in [1.82, 2.24) is 0 Å². The monoisotopic (exact) mass is 496 g/mol. The smallest absolute Gasteiger partial charge is 0.316 e. The molecule has 2 saturated carbocycles. The van der Waals surface area contributed by atoms with Gasteiger partial charge in [-0.1, -0.05) is 18.2 Å². The van der Waals surface area contributed by atoms with Crippen molar-refractivity contribution < 1.29 is 23.9 Å². The molecule has 0 N–H and O–H groups in total. The average Bonchev–Trinajstić information content (AvgIpc) is 3.57. The van der Waals surface area contributed by atoms with Gasteiger partial charge in [-0.3, -0.25) is 24.1 Å². The molecule has 0 spiro atoms. The molecule has 7 nitrogen and oxygen atoms in total. The Morgan fingerprint density at radius 2 is 1.46 bits per heavy atom. The predicted octanol–water partition coefficient (Wildman–Crippen LogP) is 3.82. The molecule has 2 aromatic carbocycles. The number of nitrogens with zero attached hydrogens (tertiary/aromatic N) is 2. The molecule has 2 aromatic rings. The third-order valence-corrected chi connectivity index (χ3v) is 9.24. The van der Waals surface area contributed by atoms with E-state index in [4.69, 9.17) is 4.74 Å². The van der Waals surface area contributed by atoms with E-state index < -0.39 is 11.9 Å². The molecule has 2 bridgehead atoms. The number of carbonyl (C=O) groups is 4. The number of carbonyl (C=O) groups excluding carboxylic acids is 4. The zero-order chi connectivity index (χ0) is 25.6. The highest BCUT2D eigenvalue weighted by atomic mass is 16.5. The van der Waals surface area contributed by atoms with E-state index in [0.717, 1.165) is 23.2 Å². The second-order valence-corrected chi connectivity index (χ2v) is 11.3. The van der Waals surface area contributed by atoms with Crippen LogP contribution in [-0.2, 0) is 19.2 Å². The van der Waals surface area contributed by atoms with Crippen LogP contribution >= 0.6 is 0 Å². The summed E-state index contributed by atoms with van der Waals surface area (Å²) in [4.78, 5) is 55.1. The minimum atomic E-state index is -0.562. The lowest BCUT2D eigenvalue weighted by Crippen LogP contribution is -2.40. The lowest BCUT2D eigenvalue weighted by molar-refractivity contribution is -0.139. The lowest BCUT2D eigenvalue weighted by atomic mass is 9.63. The van der Waals surface area contributed by atoms with Gasteiger partial charge in [-0.15, -0.1) is 0 Å². The van der Waals surface area contributed by atoms with Crippen molar-refractivity contribution in [3.63, 3.8) is 0 Å². The van der Waals surface area contributed by atoms with E-state index >= 15 is 0 Å². The number of benzene rings is 2. The standard InChI is InChI=1S/C30H28N2O5/c1-15-3-4-19(11-16(15)2)31-14-17(12-25(31)33)30(36)37-20-7-5-18(6-8-20)32-28(34)26-21-9-10-22(24-13-23(21)24)27(26)29(32)35/h3-11,17,21-24,26-27H,12-14H2,1-2H3/t17-,21+,22+,23+,24+,26-,27+/m1/s1. The summed E-state index contributed by atoms with van der Waals surface area (Å²) in [5.74, 6) is -0.0422. The van der Waals surface area contributed by atoms with Crippen molar-refractivity contribution in [2.24, 2.45) is 41.4 Å². The molecule has 188 valence electrons. The second kappa shape index (κ2) is 7.88. The Morgan fingerprint density at radius 3 is 2.08 bits per heavy atom. The first-order valence-corrected chi connectivity index (χ1v) is 13.1. The molecule has 0 unspecified atom stereocenters. The zero-order valence-electron chi connectivity index (χ0n) is 20.8. The fourth-order valence-corrected chi connectivity index (χ4v) is 7.08. The summed E-state index contributed by atoms with van der Waals surface area (Å²) >= 11 is 0. The fourth-order valence-electron chi connectivity index (χ4n) is 7.08. The molecule has 0 aromatic heterocycles. The van der Waals surface area contributed by atoms with Crippen molar-refractivity contribution >= 4 is 35.1 Å². The Hall–Kier alpha value is -3.74. The molecule has 8 rings (SSSR count). The zero-order valence-corrected chi connectivity index (χ0v) is 20.8. The minimum absolute atomic E-state index is 0.0990. The molecule has 2 saturated heterocycles. The van der Waals surface area contributed by atoms with Gasteiger partial charge in [0.25, 0.3) is 0 Å². The van der Waals surface area contributed by atoms with Gasteiger partial charge in [0.2, 0.25) is 17.7 Å². The van der Waals surface area contributed by atoms with Crippen LogP contribution in [0.5, 0.6) is 5.75 Å². The summed E-state index contributed by atoms with van der Waals surface area (Å²) in [5, 5.41) is 0. The largest absolute Gasteiger partial charge is 0.426 e. The normalized spacial score (nSPS) is 33.1. The minimum Gasteiger partial charge on any atom is -0.426 e. The molecule has 2 aliphatic heterocycles. The Labute approximate surface area is 215 Å². The number of hydrogen-bond acceptors (Lipinski definition) is 5. The molecule has 6 aliphatic rings. The van der Waals surface area contributed by atoms with Gasteiger partial charge >= 0.3 is 5.97 Å². The third-order valence-electron chi connectivity index (χ3n) is 9.24. The molecular weight excluding hydrogens is 468 g/mol. The molecule has 37 heavy (non-hydrogen) atoms.